The molecule has 1 aromatic heterocycles. The van der Waals surface area contributed by atoms with Crippen LogP contribution in [0.2, 0.25) is 0 Å². The van der Waals surface area contributed by atoms with Crippen molar-refractivity contribution in [3.63, 3.8) is 0 Å². The molecule has 1 N–H and O–H groups in total. The second-order valence-electron chi connectivity index (χ2n) is 4.78. The molecule has 0 aliphatic carbocycles. The lowest BCUT2D eigenvalue weighted by molar-refractivity contribution is 0.435. The van der Waals surface area contributed by atoms with E-state index in [1.807, 2.05) is 17.9 Å². The summed E-state index contributed by atoms with van der Waals surface area (Å²) in [6, 6.07) is 2.79. The first-order chi connectivity index (χ1) is 8.27. The van der Waals surface area contributed by atoms with E-state index in [9.17, 15) is 0 Å². The highest BCUT2D eigenvalue weighted by atomic mass is 15.2. The third-order valence-corrected chi connectivity index (χ3v) is 3.26. The number of hydrogen-bond donors (Lipinski definition) is 1. The van der Waals surface area contributed by atoms with Gasteiger partial charge in [0, 0.05) is 25.0 Å². The van der Waals surface area contributed by atoms with Crippen LogP contribution in [0, 0.1) is 0 Å². The van der Waals surface area contributed by atoms with Crippen LogP contribution in [-0.4, -0.2) is 22.4 Å². The van der Waals surface area contributed by atoms with Gasteiger partial charge < -0.3 is 5.32 Å². The first-order valence-corrected chi connectivity index (χ1v) is 6.98. The summed E-state index contributed by atoms with van der Waals surface area (Å²) in [5.41, 5.74) is 1.34. The van der Waals surface area contributed by atoms with Crippen LogP contribution in [0.1, 0.15) is 51.6 Å². The van der Waals surface area contributed by atoms with Crippen molar-refractivity contribution in [2.75, 3.05) is 6.54 Å². The van der Waals surface area contributed by atoms with E-state index in [2.05, 4.69) is 30.3 Å². The summed E-state index contributed by atoms with van der Waals surface area (Å²) in [6.07, 6.45) is 9.36. The molecule has 1 aromatic rings. The maximum absolute atomic E-state index is 4.22. The highest BCUT2D eigenvalue weighted by molar-refractivity contribution is 5.00. The number of aromatic nitrogens is 2. The van der Waals surface area contributed by atoms with Gasteiger partial charge in [0.2, 0.25) is 0 Å². The highest BCUT2D eigenvalue weighted by Crippen LogP contribution is 2.09. The number of rotatable bonds is 9. The lowest BCUT2D eigenvalue weighted by atomic mass is 10.0. The molecule has 17 heavy (non-hydrogen) atoms. The molecular formula is C14H27N3. The van der Waals surface area contributed by atoms with Crippen molar-refractivity contribution in [2.45, 2.75) is 58.4 Å². The molecule has 0 saturated heterocycles. The topological polar surface area (TPSA) is 29.9 Å². The summed E-state index contributed by atoms with van der Waals surface area (Å²) in [5.74, 6) is 0. The molecule has 0 spiro atoms. The summed E-state index contributed by atoms with van der Waals surface area (Å²) in [7, 11) is 2.02. The van der Waals surface area contributed by atoms with Crippen molar-refractivity contribution < 1.29 is 0 Å². The minimum Gasteiger partial charge on any atom is -0.314 e. The summed E-state index contributed by atoms with van der Waals surface area (Å²) in [5, 5.41) is 7.87. The third kappa shape index (κ3) is 5.35. The Morgan fingerprint density at radius 1 is 1.29 bits per heavy atom. The zero-order valence-electron chi connectivity index (χ0n) is 11.6. The van der Waals surface area contributed by atoms with E-state index in [1.54, 1.807) is 0 Å². The molecule has 1 rings (SSSR count). The van der Waals surface area contributed by atoms with E-state index < -0.39 is 0 Å². The van der Waals surface area contributed by atoms with Gasteiger partial charge in [-0.25, -0.2) is 0 Å². The number of aryl methyl sites for hydroxylation is 2. The summed E-state index contributed by atoms with van der Waals surface area (Å²) in [4.78, 5) is 0. The molecule has 98 valence electrons. The molecule has 0 bridgehead atoms. The molecule has 0 aliphatic rings. The summed E-state index contributed by atoms with van der Waals surface area (Å²) in [6.45, 7) is 5.63. The average Bonchev–Trinajstić information content (AvgIpc) is 2.74. The van der Waals surface area contributed by atoms with E-state index in [0.717, 1.165) is 13.0 Å². The Morgan fingerprint density at radius 3 is 2.71 bits per heavy atom. The molecule has 0 amide bonds. The Kier molecular flexibility index (Phi) is 6.94. The number of hydrogen-bond acceptors (Lipinski definition) is 2. The van der Waals surface area contributed by atoms with E-state index in [4.69, 9.17) is 0 Å². The van der Waals surface area contributed by atoms with Gasteiger partial charge >= 0.3 is 0 Å². The molecular weight excluding hydrogens is 210 g/mol. The molecule has 1 heterocycles. The zero-order chi connectivity index (χ0) is 12.5. The molecule has 1 unspecified atom stereocenters. The molecule has 0 fully saturated rings. The van der Waals surface area contributed by atoms with Crippen molar-refractivity contribution >= 4 is 0 Å². The van der Waals surface area contributed by atoms with Crippen LogP contribution in [0.5, 0.6) is 0 Å². The molecule has 0 radical (unpaired) electrons. The fourth-order valence-corrected chi connectivity index (χ4v) is 2.12. The fraction of sp³-hybridized carbons (Fsp3) is 0.786. The Bertz CT molecular complexity index is 285. The smallest absolute Gasteiger partial charge is 0.0492 e. The van der Waals surface area contributed by atoms with Crippen LogP contribution in [0.25, 0.3) is 0 Å². The fourth-order valence-electron chi connectivity index (χ4n) is 2.12. The lowest BCUT2D eigenvalue weighted by Gasteiger charge is -2.18. The van der Waals surface area contributed by atoms with E-state index >= 15 is 0 Å². The first-order valence-electron chi connectivity index (χ1n) is 6.98. The second-order valence-corrected chi connectivity index (χ2v) is 4.78. The minimum absolute atomic E-state index is 0.671. The molecule has 3 heteroatoms. The second kappa shape index (κ2) is 8.29. The molecule has 0 saturated carbocycles. The Hall–Kier alpha value is -0.830. The molecule has 1 atom stereocenters. The summed E-state index contributed by atoms with van der Waals surface area (Å²) < 4.78 is 1.98. The maximum Gasteiger partial charge on any atom is 0.0492 e. The van der Waals surface area contributed by atoms with E-state index in [0.29, 0.717) is 6.04 Å². The van der Waals surface area contributed by atoms with Gasteiger partial charge in [-0.05, 0) is 38.3 Å². The van der Waals surface area contributed by atoms with Gasteiger partial charge in [-0.15, -0.1) is 0 Å². The molecule has 3 nitrogen and oxygen atoms in total. The van der Waals surface area contributed by atoms with Crippen LogP contribution in [-0.2, 0) is 13.5 Å². The van der Waals surface area contributed by atoms with Crippen LogP contribution in [0.4, 0.5) is 0 Å². The van der Waals surface area contributed by atoms with E-state index in [1.165, 1.54) is 37.8 Å². The summed E-state index contributed by atoms with van der Waals surface area (Å²) >= 11 is 0. The van der Waals surface area contributed by atoms with E-state index in [-0.39, 0.29) is 0 Å². The standard InChI is InChI=1S/C14H27N3/c1-4-6-7-13(15-11-5-2)8-9-14-10-12-16-17(14)3/h10,12-13,15H,4-9,11H2,1-3H3. The van der Waals surface area contributed by atoms with Gasteiger partial charge in [-0.3, -0.25) is 4.68 Å². The van der Waals surface area contributed by atoms with Gasteiger partial charge in [-0.1, -0.05) is 26.7 Å². The van der Waals surface area contributed by atoms with Crippen LogP contribution in [0.3, 0.4) is 0 Å². The third-order valence-electron chi connectivity index (χ3n) is 3.26. The van der Waals surface area contributed by atoms with Crippen molar-refractivity contribution in [1.82, 2.24) is 15.1 Å². The SMILES string of the molecule is CCCCC(CCc1ccnn1C)NCCC. The van der Waals surface area contributed by atoms with Gasteiger partial charge in [-0.2, -0.15) is 5.10 Å². The van der Waals surface area contributed by atoms with Crippen molar-refractivity contribution in [2.24, 2.45) is 7.05 Å². The highest BCUT2D eigenvalue weighted by Gasteiger charge is 2.08. The Labute approximate surface area is 106 Å². The van der Waals surface area contributed by atoms with Crippen LogP contribution < -0.4 is 5.32 Å². The van der Waals surface area contributed by atoms with Crippen molar-refractivity contribution in [1.29, 1.82) is 0 Å². The van der Waals surface area contributed by atoms with Gasteiger partial charge in [0.25, 0.3) is 0 Å². The number of nitrogens with zero attached hydrogens (tertiary/aromatic N) is 2. The minimum atomic E-state index is 0.671. The number of unbranched alkanes of at least 4 members (excludes halogenated alkanes) is 1. The maximum atomic E-state index is 4.22. The predicted molar refractivity (Wildman–Crippen MR) is 73.1 cm³/mol. The monoisotopic (exact) mass is 237 g/mol. The Morgan fingerprint density at radius 2 is 2.12 bits per heavy atom. The quantitative estimate of drug-likeness (QED) is 0.715. The van der Waals surface area contributed by atoms with Gasteiger partial charge in [0.1, 0.15) is 0 Å². The lowest BCUT2D eigenvalue weighted by Crippen LogP contribution is -2.30. The predicted octanol–water partition coefficient (Wildman–Crippen LogP) is 2.91. The van der Waals surface area contributed by atoms with Crippen molar-refractivity contribution in [3.8, 4) is 0 Å². The van der Waals surface area contributed by atoms with Crippen molar-refractivity contribution in [3.05, 3.63) is 18.0 Å². The molecule has 0 aromatic carbocycles. The average molecular weight is 237 g/mol. The van der Waals surface area contributed by atoms with Gasteiger partial charge in [0.15, 0.2) is 0 Å². The number of nitrogens with one attached hydrogen (secondary N) is 1. The normalized spacial score (nSPS) is 12.9. The largest absolute Gasteiger partial charge is 0.314 e. The molecule has 0 aliphatic heterocycles. The zero-order valence-corrected chi connectivity index (χ0v) is 11.6. The Balaban J connectivity index is 2.34. The van der Waals surface area contributed by atoms with Gasteiger partial charge in [0.05, 0.1) is 0 Å². The van der Waals surface area contributed by atoms with Crippen LogP contribution >= 0.6 is 0 Å². The first kappa shape index (κ1) is 14.2. The van der Waals surface area contributed by atoms with Crippen LogP contribution in [0.15, 0.2) is 12.3 Å².